The number of nitrogens with zero attached hydrogens (tertiary/aromatic N) is 4. The first-order chi connectivity index (χ1) is 21.0. The lowest BCUT2D eigenvalue weighted by Crippen LogP contribution is -2.10. The molecule has 0 saturated carbocycles. The van der Waals surface area contributed by atoms with E-state index in [1.807, 2.05) is 24.3 Å². The molecule has 0 unspecified atom stereocenters. The van der Waals surface area contributed by atoms with Crippen LogP contribution in [0.4, 0.5) is 5.69 Å². The summed E-state index contributed by atoms with van der Waals surface area (Å²) in [6.07, 6.45) is 0. The molecule has 0 aliphatic heterocycles. The van der Waals surface area contributed by atoms with Crippen LogP contribution in [0.2, 0.25) is 0 Å². The summed E-state index contributed by atoms with van der Waals surface area (Å²) in [7, 11) is 0. The Morgan fingerprint density at radius 2 is 1.02 bits per heavy atom. The van der Waals surface area contributed by atoms with Crippen molar-refractivity contribution in [1.82, 2.24) is 9.13 Å². The highest BCUT2D eigenvalue weighted by molar-refractivity contribution is 6.11. The number of benzene rings is 5. The molecule has 0 N–H and O–H groups in total. The summed E-state index contributed by atoms with van der Waals surface area (Å²) >= 11 is 0. The van der Waals surface area contributed by atoms with Crippen LogP contribution in [0.25, 0.3) is 59.8 Å². The Labute approximate surface area is 258 Å². The quantitative estimate of drug-likeness (QED) is 0.191. The summed E-state index contributed by atoms with van der Waals surface area (Å²) in [6, 6.07) is 36.4. The van der Waals surface area contributed by atoms with Crippen LogP contribution in [0.3, 0.4) is 0 Å². The first kappa shape index (κ1) is 27.5. The van der Waals surface area contributed by atoms with E-state index in [2.05, 4.69) is 134 Å². The summed E-state index contributed by atoms with van der Waals surface area (Å²) in [6.45, 7) is 21.0. The van der Waals surface area contributed by atoms with Gasteiger partial charge in [0.1, 0.15) is 0 Å². The van der Waals surface area contributed by atoms with Crippen molar-refractivity contribution in [3.05, 3.63) is 125 Å². The smallest absolute Gasteiger partial charge is 0.188 e. The Kier molecular flexibility index (Phi) is 6.00. The van der Waals surface area contributed by atoms with Crippen LogP contribution in [0.15, 0.2) is 97.1 Å². The Hall–Kier alpha value is -5.32. The number of hydrogen-bond acceptors (Lipinski definition) is 1. The van der Waals surface area contributed by atoms with Gasteiger partial charge >= 0.3 is 0 Å². The molecule has 0 aliphatic carbocycles. The first-order valence-corrected chi connectivity index (χ1v) is 15.0. The minimum atomic E-state index is 0.00582. The molecular weight excluding hydrogens is 536 g/mol. The summed E-state index contributed by atoms with van der Waals surface area (Å²) in [5.41, 5.74) is 10.3. The number of aromatic nitrogens is 2. The van der Waals surface area contributed by atoms with E-state index < -0.39 is 0 Å². The van der Waals surface area contributed by atoms with Gasteiger partial charge in [0.05, 0.1) is 40.3 Å². The van der Waals surface area contributed by atoms with Crippen molar-refractivity contribution in [1.29, 1.82) is 5.26 Å². The minimum Gasteiger partial charge on any atom is -0.309 e. The maximum absolute atomic E-state index is 9.71. The molecule has 0 spiro atoms. The van der Waals surface area contributed by atoms with Gasteiger partial charge in [-0.1, -0.05) is 65.8 Å². The predicted molar refractivity (Wildman–Crippen MR) is 183 cm³/mol. The third-order valence-electron chi connectivity index (χ3n) is 8.85. The van der Waals surface area contributed by atoms with Gasteiger partial charge in [-0.25, -0.2) is 4.85 Å². The Balaban J connectivity index is 1.51. The van der Waals surface area contributed by atoms with Crippen LogP contribution in [0.5, 0.6) is 0 Å². The van der Waals surface area contributed by atoms with Crippen molar-refractivity contribution in [3.8, 4) is 17.4 Å². The van der Waals surface area contributed by atoms with Crippen molar-refractivity contribution in [3.63, 3.8) is 0 Å². The lowest BCUT2D eigenvalue weighted by molar-refractivity contribution is 0.591. The molecule has 4 nitrogen and oxygen atoms in total. The van der Waals surface area contributed by atoms with Gasteiger partial charge in [-0.2, -0.15) is 5.26 Å². The molecule has 7 rings (SSSR count). The second-order valence-electron chi connectivity index (χ2n) is 13.8. The van der Waals surface area contributed by atoms with E-state index >= 15 is 0 Å². The molecule has 0 atom stereocenters. The van der Waals surface area contributed by atoms with Gasteiger partial charge in [0.15, 0.2) is 5.69 Å². The molecule has 0 fully saturated rings. The maximum atomic E-state index is 9.71. The average molecular weight is 571 g/mol. The molecular formula is C40H34N4. The van der Waals surface area contributed by atoms with Gasteiger partial charge in [-0.15, -0.1) is 0 Å². The second kappa shape index (κ2) is 9.60. The molecule has 7 aromatic rings. The third-order valence-corrected chi connectivity index (χ3v) is 8.85. The van der Waals surface area contributed by atoms with E-state index in [1.54, 1.807) is 0 Å². The highest BCUT2D eigenvalue weighted by atomic mass is 15.0. The molecule has 0 aliphatic rings. The van der Waals surface area contributed by atoms with E-state index in [0.717, 1.165) is 55.0 Å². The van der Waals surface area contributed by atoms with E-state index in [0.29, 0.717) is 11.3 Å². The summed E-state index contributed by atoms with van der Waals surface area (Å²) < 4.78 is 4.62. The van der Waals surface area contributed by atoms with E-state index in [9.17, 15) is 5.26 Å². The van der Waals surface area contributed by atoms with Gasteiger partial charge in [-0.05, 0) is 100 Å². The molecule has 5 aromatic carbocycles. The topological polar surface area (TPSA) is 38.0 Å². The van der Waals surface area contributed by atoms with Crippen LogP contribution < -0.4 is 0 Å². The second-order valence-corrected chi connectivity index (χ2v) is 13.8. The van der Waals surface area contributed by atoms with Crippen LogP contribution in [0.1, 0.15) is 58.2 Å². The molecule has 4 heteroatoms. The summed E-state index contributed by atoms with van der Waals surface area (Å²) in [5.74, 6) is 0. The zero-order chi connectivity index (χ0) is 31.0. The standard InChI is InChI=1S/C40H34N4/c1-39(2,3)26-12-16-36-32(20-26)31-19-25(24-41)11-15-35(31)43(36)29-9-8-10-30(23-29)44-37-17-13-27(40(4,5)6)21-33(37)34-22-28(42-7)14-18-38(34)44/h8-23H,1-6H3. The first-order valence-electron chi connectivity index (χ1n) is 15.0. The van der Waals surface area contributed by atoms with Gasteiger partial charge < -0.3 is 9.13 Å². The Morgan fingerprint density at radius 1 is 0.568 bits per heavy atom. The number of nitriles is 1. The Bertz CT molecular complexity index is 2210. The van der Waals surface area contributed by atoms with Crippen molar-refractivity contribution in [2.75, 3.05) is 0 Å². The predicted octanol–water partition coefficient (Wildman–Crippen LogP) is 10.9. The average Bonchev–Trinajstić information content (AvgIpc) is 3.51. The van der Waals surface area contributed by atoms with Crippen LogP contribution in [-0.2, 0) is 10.8 Å². The number of hydrogen-bond donors (Lipinski definition) is 0. The fourth-order valence-electron chi connectivity index (χ4n) is 6.43. The molecule has 0 saturated heterocycles. The van der Waals surface area contributed by atoms with Crippen molar-refractivity contribution in [2.45, 2.75) is 52.4 Å². The monoisotopic (exact) mass is 570 g/mol. The van der Waals surface area contributed by atoms with Crippen molar-refractivity contribution in [2.24, 2.45) is 0 Å². The molecule has 44 heavy (non-hydrogen) atoms. The maximum Gasteiger partial charge on any atom is 0.188 e. The normalized spacial score (nSPS) is 12.3. The lowest BCUT2D eigenvalue weighted by atomic mass is 9.86. The number of fused-ring (bicyclic) bond motifs is 6. The van der Waals surface area contributed by atoms with Gasteiger partial charge in [-0.3, -0.25) is 0 Å². The van der Waals surface area contributed by atoms with E-state index in [-0.39, 0.29) is 10.8 Å². The van der Waals surface area contributed by atoms with Crippen LogP contribution in [-0.4, -0.2) is 9.13 Å². The van der Waals surface area contributed by atoms with Crippen LogP contribution >= 0.6 is 0 Å². The van der Waals surface area contributed by atoms with Crippen molar-refractivity contribution < 1.29 is 0 Å². The van der Waals surface area contributed by atoms with E-state index in [1.165, 1.54) is 11.1 Å². The molecule has 2 aromatic heterocycles. The number of rotatable bonds is 2. The van der Waals surface area contributed by atoms with Crippen LogP contribution in [0, 0.1) is 17.9 Å². The van der Waals surface area contributed by atoms with Crippen molar-refractivity contribution >= 4 is 49.3 Å². The fraction of sp³-hybridized carbons (Fsp3) is 0.200. The SMILES string of the molecule is [C-]#[N+]c1ccc2c(c1)c1cc(C(C)(C)C)ccc1n2-c1cccc(-n2c3ccc(C#N)cc3c3cc(C(C)(C)C)ccc32)c1. The summed E-state index contributed by atoms with van der Waals surface area (Å²) in [4.78, 5) is 3.74. The van der Waals surface area contributed by atoms with E-state index in [4.69, 9.17) is 6.57 Å². The zero-order valence-corrected chi connectivity index (χ0v) is 26.0. The molecule has 0 radical (unpaired) electrons. The van der Waals surface area contributed by atoms with Gasteiger partial charge in [0, 0.05) is 27.5 Å². The highest BCUT2D eigenvalue weighted by Gasteiger charge is 2.21. The summed E-state index contributed by atoms with van der Waals surface area (Å²) in [5, 5.41) is 14.2. The molecule has 0 amide bonds. The minimum absolute atomic E-state index is 0.00582. The molecule has 2 heterocycles. The molecule has 0 bridgehead atoms. The zero-order valence-electron chi connectivity index (χ0n) is 26.0. The largest absolute Gasteiger partial charge is 0.309 e. The van der Waals surface area contributed by atoms with Gasteiger partial charge in [0.25, 0.3) is 0 Å². The Morgan fingerprint density at radius 3 is 1.50 bits per heavy atom. The fourth-order valence-corrected chi connectivity index (χ4v) is 6.43. The lowest BCUT2D eigenvalue weighted by Gasteiger charge is -2.19. The highest BCUT2D eigenvalue weighted by Crippen LogP contribution is 2.39. The van der Waals surface area contributed by atoms with Gasteiger partial charge in [0.2, 0.25) is 0 Å². The third kappa shape index (κ3) is 4.26. The molecule has 214 valence electrons.